The van der Waals surface area contributed by atoms with E-state index >= 15 is 0 Å². The SMILES string of the molecule is CCNC(=O)[C@@H](Cc1ccccc1)N(Cc1cccc(Cl)c1)C(=O)CN(c1ccc(F)c(Cl)c1)S(=O)(=O)c1ccccc1. The van der Waals surface area contributed by atoms with Gasteiger partial charge in [-0.25, -0.2) is 12.8 Å². The Hall–Kier alpha value is -3.92. The Kier molecular flexibility index (Phi) is 10.8. The molecule has 0 aliphatic carbocycles. The molecule has 0 heterocycles. The summed E-state index contributed by atoms with van der Waals surface area (Å²) >= 11 is 12.3. The largest absolute Gasteiger partial charge is 0.355 e. The minimum atomic E-state index is -4.32. The fraction of sp³-hybridized carbons (Fsp3) is 0.188. The Bertz CT molecular complexity index is 1670. The van der Waals surface area contributed by atoms with Gasteiger partial charge < -0.3 is 10.2 Å². The molecule has 7 nitrogen and oxygen atoms in total. The lowest BCUT2D eigenvalue weighted by molar-refractivity contribution is -0.140. The standard InChI is InChI=1S/C32H30Cl2FN3O4S/c1-2-36-32(40)30(19-23-10-5-3-6-11-23)37(21-24-12-9-13-25(33)18-24)31(39)22-38(26-16-17-29(35)28(34)20-26)43(41,42)27-14-7-4-8-15-27/h3-18,20,30H,2,19,21-22H2,1H3,(H,36,40)/t30-/m1/s1. The molecule has 43 heavy (non-hydrogen) atoms. The Morgan fingerprint density at radius 2 is 1.51 bits per heavy atom. The summed E-state index contributed by atoms with van der Waals surface area (Å²) in [5.74, 6) is -1.80. The van der Waals surface area contributed by atoms with Crippen LogP contribution in [0.15, 0.2) is 108 Å². The molecule has 0 saturated carbocycles. The summed E-state index contributed by atoms with van der Waals surface area (Å²) in [5, 5.41) is 2.94. The molecule has 11 heteroatoms. The lowest BCUT2D eigenvalue weighted by Gasteiger charge is -2.34. The fourth-order valence-electron chi connectivity index (χ4n) is 4.57. The van der Waals surface area contributed by atoms with Crippen LogP contribution in [0.1, 0.15) is 18.1 Å². The summed E-state index contributed by atoms with van der Waals surface area (Å²) in [6.45, 7) is 1.38. The van der Waals surface area contributed by atoms with Crippen LogP contribution in [0, 0.1) is 5.82 Å². The predicted molar refractivity (Wildman–Crippen MR) is 167 cm³/mol. The van der Waals surface area contributed by atoms with Crippen molar-refractivity contribution < 1.29 is 22.4 Å². The van der Waals surface area contributed by atoms with Crippen molar-refractivity contribution in [2.24, 2.45) is 0 Å². The van der Waals surface area contributed by atoms with Gasteiger partial charge >= 0.3 is 0 Å². The molecular weight excluding hydrogens is 612 g/mol. The van der Waals surface area contributed by atoms with Crippen LogP contribution in [0.2, 0.25) is 10.0 Å². The topological polar surface area (TPSA) is 86.8 Å². The van der Waals surface area contributed by atoms with E-state index in [0.29, 0.717) is 17.1 Å². The first-order valence-electron chi connectivity index (χ1n) is 13.5. The normalized spacial score (nSPS) is 11.9. The van der Waals surface area contributed by atoms with Gasteiger partial charge in [-0.1, -0.05) is 83.9 Å². The Morgan fingerprint density at radius 3 is 2.14 bits per heavy atom. The molecule has 4 aromatic carbocycles. The van der Waals surface area contributed by atoms with Gasteiger partial charge in [-0.15, -0.1) is 0 Å². The monoisotopic (exact) mass is 641 g/mol. The number of nitrogens with zero attached hydrogens (tertiary/aromatic N) is 2. The van der Waals surface area contributed by atoms with Gasteiger partial charge in [0.05, 0.1) is 15.6 Å². The van der Waals surface area contributed by atoms with E-state index in [2.05, 4.69) is 5.32 Å². The van der Waals surface area contributed by atoms with Gasteiger partial charge in [-0.05, 0) is 60.5 Å². The molecule has 1 atom stereocenters. The van der Waals surface area contributed by atoms with Crippen LogP contribution in [0.25, 0.3) is 0 Å². The van der Waals surface area contributed by atoms with Crippen LogP contribution in [0.4, 0.5) is 10.1 Å². The van der Waals surface area contributed by atoms with Crippen molar-refractivity contribution >= 4 is 50.7 Å². The zero-order valence-corrected chi connectivity index (χ0v) is 25.6. The highest BCUT2D eigenvalue weighted by Crippen LogP contribution is 2.28. The molecular formula is C32H30Cl2FN3O4S. The van der Waals surface area contributed by atoms with Crippen molar-refractivity contribution in [2.45, 2.75) is 30.8 Å². The second kappa shape index (κ2) is 14.5. The summed E-state index contributed by atoms with van der Waals surface area (Å²) < 4.78 is 42.8. The molecule has 0 spiro atoms. The molecule has 0 aromatic heterocycles. The Labute approximate surface area is 260 Å². The third kappa shape index (κ3) is 8.13. The van der Waals surface area contributed by atoms with E-state index in [-0.39, 0.29) is 28.6 Å². The van der Waals surface area contributed by atoms with Crippen LogP contribution in [0.3, 0.4) is 0 Å². The third-order valence-electron chi connectivity index (χ3n) is 6.67. The van der Waals surface area contributed by atoms with Crippen molar-refractivity contribution in [1.82, 2.24) is 10.2 Å². The second-order valence-electron chi connectivity index (χ2n) is 9.67. The van der Waals surface area contributed by atoms with Gasteiger partial charge in [0.2, 0.25) is 11.8 Å². The lowest BCUT2D eigenvalue weighted by atomic mass is 10.0. The Morgan fingerprint density at radius 1 is 0.860 bits per heavy atom. The van der Waals surface area contributed by atoms with Crippen molar-refractivity contribution in [3.05, 3.63) is 130 Å². The van der Waals surface area contributed by atoms with E-state index in [1.165, 1.54) is 23.1 Å². The molecule has 0 aliphatic heterocycles. The average Bonchev–Trinajstić information content (AvgIpc) is 3.00. The van der Waals surface area contributed by atoms with Crippen molar-refractivity contribution in [1.29, 1.82) is 0 Å². The Balaban J connectivity index is 1.81. The number of benzene rings is 4. The molecule has 1 N–H and O–H groups in total. The summed E-state index contributed by atoms with van der Waals surface area (Å²) in [7, 11) is -4.32. The number of amides is 2. The first kappa shape index (κ1) is 32.0. The number of likely N-dealkylation sites (N-methyl/N-ethyl adjacent to an activating group) is 1. The van der Waals surface area contributed by atoms with Gasteiger partial charge in [0, 0.05) is 24.5 Å². The van der Waals surface area contributed by atoms with E-state index in [1.54, 1.807) is 49.4 Å². The first-order chi connectivity index (χ1) is 20.6. The van der Waals surface area contributed by atoms with Crippen molar-refractivity contribution in [3.8, 4) is 0 Å². The summed E-state index contributed by atoms with van der Waals surface area (Å²) in [4.78, 5) is 29.0. The molecule has 0 saturated heterocycles. The average molecular weight is 643 g/mol. The predicted octanol–water partition coefficient (Wildman–Crippen LogP) is 6.10. The van der Waals surface area contributed by atoms with Gasteiger partial charge in [0.25, 0.3) is 10.0 Å². The molecule has 4 aromatic rings. The van der Waals surface area contributed by atoms with Crippen LogP contribution in [-0.2, 0) is 32.6 Å². The molecule has 0 bridgehead atoms. The molecule has 0 unspecified atom stereocenters. The number of hydrogen-bond donors (Lipinski definition) is 1. The van der Waals surface area contributed by atoms with Gasteiger partial charge in [-0.2, -0.15) is 0 Å². The minimum absolute atomic E-state index is 0.0103. The maximum atomic E-state index is 14.3. The zero-order valence-electron chi connectivity index (χ0n) is 23.3. The van der Waals surface area contributed by atoms with Gasteiger partial charge in [-0.3, -0.25) is 13.9 Å². The maximum absolute atomic E-state index is 14.3. The van der Waals surface area contributed by atoms with Gasteiger partial charge in [0.1, 0.15) is 18.4 Å². The minimum Gasteiger partial charge on any atom is -0.355 e. The molecule has 0 radical (unpaired) electrons. The highest BCUT2D eigenvalue weighted by molar-refractivity contribution is 7.92. The van der Waals surface area contributed by atoms with Gasteiger partial charge in [0.15, 0.2) is 0 Å². The second-order valence-corrected chi connectivity index (χ2v) is 12.4. The zero-order chi connectivity index (χ0) is 31.0. The number of carbonyl (C=O) groups is 2. The maximum Gasteiger partial charge on any atom is 0.264 e. The van der Waals surface area contributed by atoms with Crippen LogP contribution < -0.4 is 9.62 Å². The van der Waals surface area contributed by atoms with Crippen LogP contribution in [0.5, 0.6) is 0 Å². The smallest absolute Gasteiger partial charge is 0.264 e. The highest BCUT2D eigenvalue weighted by Gasteiger charge is 2.34. The summed E-state index contributed by atoms with van der Waals surface area (Å²) in [6.07, 6.45) is 0.173. The highest BCUT2D eigenvalue weighted by atomic mass is 35.5. The lowest BCUT2D eigenvalue weighted by Crippen LogP contribution is -2.53. The number of nitrogens with one attached hydrogen (secondary N) is 1. The van der Waals surface area contributed by atoms with E-state index in [4.69, 9.17) is 23.2 Å². The molecule has 4 rings (SSSR count). The number of rotatable bonds is 12. The van der Waals surface area contributed by atoms with Crippen molar-refractivity contribution in [2.75, 3.05) is 17.4 Å². The number of anilines is 1. The third-order valence-corrected chi connectivity index (χ3v) is 8.98. The fourth-order valence-corrected chi connectivity index (χ4v) is 6.38. The molecule has 0 aliphatic rings. The number of carbonyl (C=O) groups excluding carboxylic acids is 2. The number of sulfonamides is 1. The molecule has 224 valence electrons. The molecule has 0 fully saturated rings. The number of halogens is 3. The van der Waals surface area contributed by atoms with Crippen LogP contribution in [-0.4, -0.2) is 44.3 Å². The summed E-state index contributed by atoms with van der Waals surface area (Å²) in [6, 6.07) is 26.1. The summed E-state index contributed by atoms with van der Waals surface area (Å²) in [5.41, 5.74) is 1.44. The van der Waals surface area contributed by atoms with Crippen molar-refractivity contribution in [3.63, 3.8) is 0 Å². The molecule has 2 amide bonds. The quantitative estimate of drug-likeness (QED) is 0.202. The van der Waals surface area contributed by atoms with E-state index < -0.39 is 40.2 Å². The number of hydrogen-bond acceptors (Lipinski definition) is 4. The first-order valence-corrected chi connectivity index (χ1v) is 15.7. The van der Waals surface area contributed by atoms with E-state index in [9.17, 15) is 22.4 Å². The van der Waals surface area contributed by atoms with Crippen LogP contribution >= 0.6 is 23.2 Å². The van der Waals surface area contributed by atoms with E-state index in [0.717, 1.165) is 22.0 Å². The van der Waals surface area contributed by atoms with E-state index in [1.807, 2.05) is 30.3 Å².